The van der Waals surface area contributed by atoms with Crippen molar-refractivity contribution >= 4 is 31.3 Å². The highest BCUT2D eigenvalue weighted by Gasteiger charge is 2.19. The molecule has 0 N–H and O–H groups in total. The Labute approximate surface area is 95.5 Å². The summed E-state index contributed by atoms with van der Waals surface area (Å²) in [5.74, 6) is -1.08. The minimum absolute atomic E-state index is 0.00978. The molecule has 0 radical (unpaired) electrons. The highest BCUT2D eigenvalue weighted by atomic mass is 35.7. The maximum absolute atomic E-state index is 12.9. The minimum Gasteiger partial charge on any atom is -0.207 e. The van der Waals surface area contributed by atoms with E-state index in [1.165, 1.54) is 0 Å². The molecular formula is C8H4Cl2FNO2S. The van der Waals surface area contributed by atoms with Crippen molar-refractivity contribution in [1.82, 2.24) is 0 Å². The molecule has 7 heteroatoms. The van der Waals surface area contributed by atoms with Gasteiger partial charge in [0.1, 0.15) is 5.82 Å². The first-order chi connectivity index (χ1) is 6.90. The number of nitriles is 1. The fourth-order valence-electron chi connectivity index (χ4n) is 1.07. The molecule has 1 aromatic carbocycles. The van der Waals surface area contributed by atoms with Crippen molar-refractivity contribution in [2.45, 2.75) is 10.8 Å². The van der Waals surface area contributed by atoms with Crippen molar-refractivity contribution in [3.05, 3.63) is 29.1 Å². The van der Waals surface area contributed by atoms with Gasteiger partial charge < -0.3 is 0 Å². The minimum atomic E-state index is -4.10. The lowest BCUT2D eigenvalue weighted by Gasteiger charge is -2.05. The normalized spacial score (nSPS) is 11.1. The van der Waals surface area contributed by atoms with Gasteiger partial charge in [0.25, 0.3) is 9.05 Å². The van der Waals surface area contributed by atoms with Gasteiger partial charge in [0.2, 0.25) is 0 Å². The highest BCUT2D eigenvalue weighted by Crippen LogP contribution is 2.25. The number of hydrogen-bond acceptors (Lipinski definition) is 3. The lowest BCUT2D eigenvalue weighted by atomic mass is 10.1. The van der Waals surface area contributed by atoms with Gasteiger partial charge in [-0.1, -0.05) is 0 Å². The maximum atomic E-state index is 12.9. The first-order valence-corrected chi connectivity index (χ1v) is 6.47. The predicted molar refractivity (Wildman–Crippen MR) is 53.7 cm³/mol. The van der Waals surface area contributed by atoms with Crippen LogP contribution in [0.2, 0.25) is 0 Å². The van der Waals surface area contributed by atoms with Crippen molar-refractivity contribution in [3.8, 4) is 6.07 Å². The Balaban J connectivity index is 3.66. The summed E-state index contributed by atoms with van der Waals surface area (Å²) >= 11 is 5.48. The second kappa shape index (κ2) is 4.35. The summed E-state index contributed by atoms with van der Waals surface area (Å²) in [7, 11) is 0.977. The molecule has 0 atom stereocenters. The van der Waals surface area contributed by atoms with Crippen molar-refractivity contribution < 1.29 is 12.8 Å². The summed E-state index contributed by atoms with van der Waals surface area (Å²) in [6, 6.07) is 3.30. The largest absolute Gasteiger partial charge is 0.261 e. The molecule has 0 aliphatic carbocycles. The van der Waals surface area contributed by atoms with E-state index in [0.717, 1.165) is 12.1 Å². The van der Waals surface area contributed by atoms with Gasteiger partial charge in [-0.25, -0.2) is 12.8 Å². The summed E-state index contributed by atoms with van der Waals surface area (Å²) in [5, 5.41) is 8.65. The lowest BCUT2D eigenvalue weighted by Crippen LogP contribution is -2.01. The monoisotopic (exact) mass is 267 g/mol. The topological polar surface area (TPSA) is 57.9 Å². The number of rotatable bonds is 2. The fourth-order valence-corrected chi connectivity index (χ4v) is 2.58. The Kier molecular flexibility index (Phi) is 3.55. The summed E-state index contributed by atoms with van der Waals surface area (Å²) in [5.41, 5.74) is -0.125. The number of alkyl halides is 1. The molecule has 0 heterocycles. The molecule has 1 rings (SSSR count). The molecule has 1 aromatic rings. The number of benzene rings is 1. The fraction of sp³-hybridized carbons (Fsp3) is 0.125. The Hall–Kier alpha value is -0.830. The third kappa shape index (κ3) is 2.59. The van der Waals surface area contributed by atoms with Gasteiger partial charge in [-0.3, -0.25) is 0 Å². The molecule has 0 saturated carbocycles. The van der Waals surface area contributed by atoms with Crippen LogP contribution in [0.5, 0.6) is 0 Å². The van der Waals surface area contributed by atoms with Crippen molar-refractivity contribution in [2.24, 2.45) is 0 Å². The average molecular weight is 268 g/mol. The molecule has 80 valence electrons. The third-order valence-corrected chi connectivity index (χ3v) is 3.35. The highest BCUT2D eigenvalue weighted by molar-refractivity contribution is 8.13. The maximum Gasteiger partial charge on any atom is 0.261 e. The van der Waals surface area contributed by atoms with Gasteiger partial charge in [0.15, 0.2) is 0 Å². The molecule has 0 aliphatic rings. The van der Waals surface area contributed by atoms with E-state index in [0.29, 0.717) is 0 Å². The van der Waals surface area contributed by atoms with Crippen LogP contribution in [0.1, 0.15) is 11.1 Å². The van der Waals surface area contributed by atoms with E-state index in [2.05, 4.69) is 0 Å². The van der Waals surface area contributed by atoms with Gasteiger partial charge in [0.05, 0.1) is 22.4 Å². The molecule has 0 bridgehead atoms. The summed E-state index contributed by atoms with van der Waals surface area (Å²) < 4.78 is 35.1. The summed E-state index contributed by atoms with van der Waals surface area (Å²) in [6.07, 6.45) is 0. The van der Waals surface area contributed by atoms with Crippen molar-refractivity contribution in [2.75, 3.05) is 0 Å². The second-order valence-electron chi connectivity index (χ2n) is 2.61. The molecule has 0 saturated heterocycles. The Morgan fingerprint density at radius 3 is 2.47 bits per heavy atom. The van der Waals surface area contributed by atoms with Crippen LogP contribution in [0.15, 0.2) is 17.0 Å². The van der Waals surface area contributed by atoms with E-state index in [1.54, 1.807) is 6.07 Å². The zero-order chi connectivity index (χ0) is 11.6. The quantitative estimate of drug-likeness (QED) is 0.611. The standard InChI is InChI=1S/C8H4Cl2FNO2S/c9-3-7-5(4-12)1-6(11)2-8(7)15(10,13)14/h1-2H,3H2. The molecule has 15 heavy (non-hydrogen) atoms. The van der Waals surface area contributed by atoms with Crippen LogP contribution in [0.3, 0.4) is 0 Å². The van der Waals surface area contributed by atoms with Gasteiger partial charge in [-0.2, -0.15) is 5.26 Å². The van der Waals surface area contributed by atoms with Crippen molar-refractivity contribution in [3.63, 3.8) is 0 Å². The van der Waals surface area contributed by atoms with Gasteiger partial charge >= 0.3 is 0 Å². The Morgan fingerprint density at radius 1 is 1.47 bits per heavy atom. The number of halogens is 3. The summed E-state index contributed by atoms with van der Waals surface area (Å²) in [4.78, 5) is -0.462. The van der Waals surface area contributed by atoms with Crippen LogP contribution >= 0.6 is 22.3 Å². The van der Waals surface area contributed by atoms with Crippen LogP contribution < -0.4 is 0 Å². The number of nitrogens with zero attached hydrogens (tertiary/aromatic N) is 1. The van der Waals surface area contributed by atoms with E-state index < -0.39 is 19.8 Å². The Bertz CT molecular complexity index is 536. The molecule has 0 unspecified atom stereocenters. The third-order valence-electron chi connectivity index (χ3n) is 1.69. The SMILES string of the molecule is N#Cc1cc(F)cc(S(=O)(=O)Cl)c1CCl. The van der Waals surface area contributed by atoms with E-state index in [-0.39, 0.29) is 17.0 Å². The van der Waals surface area contributed by atoms with Crippen LogP contribution in [-0.2, 0) is 14.9 Å². The van der Waals surface area contributed by atoms with Gasteiger partial charge in [0, 0.05) is 16.2 Å². The molecule has 0 fully saturated rings. The molecular weight excluding hydrogens is 264 g/mol. The molecule has 0 aliphatic heterocycles. The second-order valence-corrected chi connectivity index (χ2v) is 5.41. The Morgan fingerprint density at radius 2 is 2.07 bits per heavy atom. The van der Waals surface area contributed by atoms with E-state index in [4.69, 9.17) is 27.5 Å². The van der Waals surface area contributed by atoms with E-state index in [9.17, 15) is 12.8 Å². The first-order valence-electron chi connectivity index (χ1n) is 3.63. The summed E-state index contributed by atoms with van der Waals surface area (Å²) in [6.45, 7) is 0. The predicted octanol–water partition coefficient (Wildman–Crippen LogP) is 2.36. The molecule has 3 nitrogen and oxygen atoms in total. The average Bonchev–Trinajstić information content (AvgIpc) is 2.15. The zero-order valence-electron chi connectivity index (χ0n) is 7.17. The zero-order valence-corrected chi connectivity index (χ0v) is 9.50. The lowest BCUT2D eigenvalue weighted by molar-refractivity contribution is 0.600. The van der Waals surface area contributed by atoms with Gasteiger partial charge in [-0.05, 0) is 12.1 Å². The molecule has 0 spiro atoms. The van der Waals surface area contributed by atoms with Crippen LogP contribution in [0, 0.1) is 17.1 Å². The van der Waals surface area contributed by atoms with E-state index >= 15 is 0 Å². The van der Waals surface area contributed by atoms with Crippen LogP contribution in [0.25, 0.3) is 0 Å². The molecule has 0 aromatic heterocycles. The van der Waals surface area contributed by atoms with Crippen molar-refractivity contribution in [1.29, 1.82) is 5.26 Å². The number of hydrogen-bond donors (Lipinski definition) is 0. The van der Waals surface area contributed by atoms with Crippen LogP contribution in [-0.4, -0.2) is 8.42 Å². The van der Waals surface area contributed by atoms with E-state index in [1.807, 2.05) is 0 Å². The van der Waals surface area contributed by atoms with Crippen LogP contribution in [0.4, 0.5) is 4.39 Å². The van der Waals surface area contributed by atoms with Gasteiger partial charge in [-0.15, -0.1) is 11.6 Å². The molecule has 0 amide bonds. The smallest absolute Gasteiger partial charge is 0.207 e. The first kappa shape index (κ1) is 12.2.